The molecule has 0 radical (unpaired) electrons. The average Bonchev–Trinajstić information content (AvgIpc) is 2.41. The lowest BCUT2D eigenvalue weighted by molar-refractivity contribution is -0.187. The van der Waals surface area contributed by atoms with Crippen molar-refractivity contribution in [3.05, 3.63) is 28.2 Å². The molecule has 1 unspecified atom stereocenters. The summed E-state index contributed by atoms with van der Waals surface area (Å²) < 4.78 is 44.4. The Morgan fingerprint density at radius 2 is 2.15 bits per heavy atom. The predicted octanol–water partition coefficient (Wildman–Crippen LogP) is 4.23. The number of halogens is 4. The van der Waals surface area contributed by atoms with E-state index < -0.39 is 12.1 Å². The molecule has 1 aromatic rings. The molecule has 1 saturated heterocycles. The minimum Gasteiger partial charge on any atom is -0.497 e. The third-order valence-corrected chi connectivity index (χ3v) is 4.39. The van der Waals surface area contributed by atoms with E-state index >= 15 is 0 Å². The molecule has 1 fully saturated rings. The number of likely N-dealkylation sites (tertiary alicyclic amines) is 1. The topological polar surface area (TPSA) is 12.5 Å². The number of ether oxygens (including phenoxy) is 1. The SMILES string of the molecule is COc1ccc(Br)c(CN2CCCC(C(F)(F)F)C2)c1. The smallest absolute Gasteiger partial charge is 0.393 e. The lowest BCUT2D eigenvalue weighted by Crippen LogP contribution is -2.41. The molecule has 2 rings (SSSR count). The van der Waals surface area contributed by atoms with Crippen molar-refractivity contribution >= 4 is 15.9 Å². The van der Waals surface area contributed by atoms with Crippen molar-refractivity contribution in [2.24, 2.45) is 5.92 Å². The Bertz CT molecular complexity index is 464. The maximum atomic E-state index is 12.8. The zero-order valence-corrected chi connectivity index (χ0v) is 12.8. The van der Waals surface area contributed by atoms with Gasteiger partial charge in [0.25, 0.3) is 0 Å². The van der Waals surface area contributed by atoms with Gasteiger partial charge in [0.2, 0.25) is 0 Å². The van der Waals surface area contributed by atoms with Crippen LogP contribution in [0.5, 0.6) is 5.75 Å². The van der Waals surface area contributed by atoms with Gasteiger partial charge in [0.05, 0.1) is 13.0 Å². The Hall–Kier alpha value is -0.750. The van der Waals surface area contributed by atoms with Crippen molar-refractivity contribution in [2.75, 3.05) is 20.2 Å². The first-order chi connectivity index (χ1) is 9.40. The number of piperidine rings is 1. The summed E-state index contributed by atoms with van der Waals surface area (Å²) in [6.45, 7) is 1.29. The van der Waals surface area contributed by atoms with Gasteiger partial charge in [-0.1, -0.05) is 15.9 Å². The monoisotopic (exact) mass is 351 g/mol. The largest absolute Gasteiger partial charge is 0.497 e. The molecule has 1 heterocycles. The van der Waals surface area contributed by atoms with Gasteiger partial charge in [0, 0.05) is 17.6 Å². The van der Waals surface area contributed by atoms with Crippen LogP contribution < -0.4 is 4.74 Å². The minimum atomic E-state index is -4.09. The highest BCUT2D eigenvalue weighted by Gasteiger charge is 2.41. The molecule has 20 heavy (non-hydrogen) atoms. The van der Waals surface area contributed by atoms with Gasteiger partial charge in [-0.3, -0.25) is 4.90 Å². The van der Waals surface area contributed by atoms with E-state index in [2.05, 4.69) is 15.9 Å². The number of methoxy groups -OCH3 is 1. The van der Waals surface area contributed by atoms with Crippen molar-refractivity contribution < 1.29 is 17.9 Å². The van der Waals surface area contributed by atoms with Crippen molar-refractivity contribution in [1.29, 1.82) is 0 Å². The standard InChI is InChI=1S/C14H17BrF3NO/c1-20-12-4-5-13(15)10(7-12)8-19-6-2-3-11(9-19)14(16,17)18/h4-5,7,11H,2-3,6,8-9H2,1H3. The highest BCUT2D eigenvalue weighted by molar-refractivity contribution is 9.10. The maximum absolute atomic E-state index is 12.8. The second-order valence-electron chi connectivity index (χ2n) is 5.07. The van der Waals surface area contributed by atoms with Crippen LogP contribution >= 0.6 is 15.9 Å². The van der Waals surface area contributed by atoms with Gasteiger partial charge >= 0.3 is 6.18 Å². The fraction of sp³-hybridized carbons (Fsp3) is 0.571. The number of benzene rings is 1. The van der Waals surface area contributed by atoms with Gasteiger partial charge in [-0.25, -0.2) is 0 Å². The normalized spacial score (nSPS) is 20.9. The van der Waals surface area contributed by atoms with Crippen LogP contribution in [0.15, 0.2) is 22.7 Å². The van der Waals surface area contributed by atoms with Gasteiger partial charge in [-0.2, -0.15) is 13.2 Å². The Labute approximate surface area is 125 Å². The van der Waals surface area contributed by atoms with Crippen LogP contribution in [0.4, 0.5) is 13.2 Å². The average molecular weight is 352 g/mol. The molecule has 0 bridgehead atoms. The first-order valence-electron chi connectivity index (χ1n) is 6.51. The van der Waals surface area contributed by atoms with E-state index in [9.17, 15) is 13.2 Å². The molecule has 2 nitrogen and oxygen atoms in total. The van der Waals surface area contributed by atoms with Crippen LogP contribution in [0.1, 0.15) is 18.4 Å². The predicted molar refractivity (Wildman–Crippen MR) is 74.8 cm³/mol. The van der Waals surface area contributed by atoms with E-state index in [1.165, 1.54) is 0 Å². The molecular weight excluding hydrogens is 335 g/mol. The van der Waals surface area contributed by atoms with Gasteiger partial charge in [-0.05, 0) is 43.1 Å². The van der Waals surface area contributed by atoms with Gasteiger partial charge in [0.15, 0.2) is 0 Å². The molecule has 6 heteroatoms. The highest BCUT2D eigenvalue weighted by Crippen LogP contribution is 2.34. The van der Waals surface area contributed by atoms with Gasteiger partial charge in [-0.15, -0.1) is 0 Å². The number of rotatable bonds is 3. The van der Waals surface area contributed by atoms with Crippen LogP contribution in [0.2, 0.25) is 0 Å². The fourth-order valence-corrected chi connectivity index (χ4v) is 2.88. The first kappa shape index (κ1) is 15.6. The van der Waals surface area contributed by atoms with E-state index in [-0.39, 0.29) is 13.0 Å². The van der Waals surface area contributed by atoms with E-state index in [1.807, 2.05) is 23.1 Å². The summed E-state index contributed by atoms with van der Waals surface area (Å²) in [5, 5.41) is 0. The molecule has 0 spiro atoms. The molecule has 1 aliphatic rings. The Morgan fingerprint density at radius 1 is 1.40 bits per heavy atom. The summed E-state index contributed by atoms with van der Waals surface area (Å²) >= 11 is 3.44. The molecule has 0 N–H and O–H groups in total. The lowest BCUT2D eigenvalue weighted by Gasteiger charge is -2.33. The van der Waals surface area contributed by atoms with Crippen LogP contribution in [0.25, 0.3) is 0 Å². The van der Waals surface area contributed by atoms with Crippen molar-refractivity contribution in [3.8, 4) is 5.75 Å². The Morgan fingerprint density at radius 3 is 2.80 bits per heavy atom. The molecule has 0 amide bonds. The number of nitrogens with zero attached hydrogens (tertiary/aromatic N) is 1. The van der Waals surface area contributed by atoms with Gasteiger partial charge in [0.1, 0.15) is 5.75 Å². The summed E-state index contributed by atoms with van der Waals surface area (Å²) in [6.07, 6.45) is -3.27. The van der Waals surface area contributed by atoms with E-state index in [0.29, 0.717) is 25.3 Å². The Kier molecular flexibility index (Phi) is 4.96. The maximum Gasteiger partial charge on any atom is 0.393 e. The van der Waals surface area contributed by atoms with Crippen LogP contribution in [0.3, 0.4) is 0 Å². The molecule has 0 aliphatic carbocycles. The highest BCUT2D eigenvalue weighted by atomic mass is 79.9. The zero-order valence-electron chi connectivity index (χ0n) is 11.2. The fourth-order valence-electron chi connectivity index (χ4n) is 2.51. The molecule has 112 valence electrons. The molecule has 1 aliphatic heterocycles. The van der Waals surface area contributed by atoms with E-state index in [4.69, 9.17) is 4.74 Å². The third kappa shape index (κ3) is 3.88. The Balaban J connectivity index is 2.06. The summed E-state index contributed by atoms with van der Waals surface area (Å²) in [7, 11) is 1.58. The summed E-state index contributed by atoms with van der Waals surface area (Å²) in [4.78, 5) is 1.86. The molecule has 1 atom stereocenters. The van der Waals surface area contributed by atoms with E-state index in [1.54, 1.807) is 7.11 Å². The van der Waals surface area contributed by atoms with Gasteiger partial charge < -0.3 is 4.74 Å². The quantitative estimate of drug-likeness (QED) is 0.807. The lowest BCUT2D eigenvalue weighted by atomic mass is 9.97. The molecule has 0 saturated carbocycles. The van der Waals surface area contributed by atoms with Crippen LogP contribution in [-0.4, -0.2) is 31.3 Å². The van der Waals surface area contributed by atoms with Crippen LogP contribution in [-0.2, 0) is 6.54 Å². The molecule has 1 aromatic carbocycles. The number of hydrogen-bond donors (Lipinski definition) is 0. The van der Waals surface area contributed by atoms with E-state index in [0.717, 1.165) is 10.0 Å². The summed E-state index contributed by atoms with van der Waals surface area (Å²) in [5.41, 5.74) is 0.951. The summed E-state index contributed by atoms with van der Waals surface area (Å²) in [6, 6.07) is 5.54. The van der Waals surface area contributed by atoms with Crippen molar-refractivity contribution in [2.45, 2.75) is 25.6 Å². The van der Waals surface area contributed by atoms with Crippen molar-refractivity contribution in [3.63, 3.8) is 0 Å². The molecular formula is C14H17BrF3NO. The second kappa shape index (κ2) is 6.35. The third-order valence-electron chi connectivity index (χ3n) is 3.62. The summed E-state index contributed by atoms with van der Waals surface area (Å²) in [5.74, 6) is -0.492. The number of hydrogen-bond acceptors (Lipinski definition) is 2. The van der Waals surface area contributed by atoms with Crippen molar-refractivity contribution in [1.82, 2.24) is 4.90 Å². The second-order valence-corrected chi connectivity index (χ2v) is 5.93. The molecule has 0 aromatic heterocycles. The number of alkyl halides is 3. The minimum absolute atomic E-state index is 0.0765. The zero-order chi connectivity index (χ0) is 14.8. The first-order valence-corrected chi connectivity index (χ1v) is 7.31. The van der Waals surface area contributed by atoms with Crippen LogP contribution in [0, 0.1) is 5.92 Å².